The smallest absolute Gasteiger partial charge is 0.191 e. The summed E-state index contributed by atoms with van der Waals surface area (Å²) in [6.07, 6.45) is 7.74. The standard InChI is InChI=1S/C18H25ClN6/c1-20-18(22-7-3-9-24-11-8-21-14-24)23-16-6-10-25(13-16)17-5-2-4-15(19)12-17/h2,4-5,8,11-12,14,16H,3,6-7,9-10,13H2,1H3,(H2,20,22,23). The number of imidazole rings is 1. The van der Waals surface area contributed by atoms with Gasteiger partial charge in [-0.3, -0.25) is 4.99 Å². The Labute approximate surface area is 153 Å². The van der Waals surface area contributed by atoms with E-state index in [0.717, 1.165) is 50.0 Å². The Kier molecular flexibility index (Phi) is 6.17. The Morgan fingerprint density at radius 1 is 1.44 bits per heavy atom. The van der Waals surface area contributed by atoms with E-state index in [4.69, 9.17) is 11.6 Å². The highest BCUT2D eigenvalue weighted by atomic mass is 35.5. The van der Waals surface area contributed by atoms with Gasteiger partial charge < -0.3 is 20.1 Å². The predicted octanol–water partition coefficient (Wildman–Crippen LogP) is 2.37. The summed E-state index contributed by atoms with van der Waals surface area (Å²) in [5.74, 6) is 0.864. The molecule has 1 saturated heterocycles. The van der Waals surface area contributed by atoms with Crippen LogP contribution in [0.2, 0.25) is 5.02 Å². The second-order valence-corrected chi connectivity index (χ2v) is 6.65. The number of guanidine groups is 1. The van der Waals surface area contributed by atoms with Crippen molar-refractivity contribution in [3.63, 3.8) is 0 Å². The second-order valence-electron chi connectivity index (χ2n) is 6.21. The Bertz CT molecular complexity index is 685. The summed E-state index contributed by atoms with van der Waals surface area (Å²) < 4.78 is 2.08. The third-order valence-corrected chi connectivity index (χ3v) is 4.61. The molecule has 1 fully saturated rings. The van der Waals surface area contributed by atoms with Crippen molar-refractivity contribution < 1.29 is 0 Å². The van der Waals surface area contributed by atoms with Crippen molar-refractivity contribution >= 4 is 23.2 Å². The van der Waals surface area contributed by atoms with Crippen LogP contribution in [0.4, 0.5) is 5.69 Å². The van der Waals surface area contributed by atoms with Gasteiger partial charge in [0.15, 0.2) is 5.96 Å². The number of hydrogen-bond acceptors (Lipinski definition) is 3. The summed E-state index contributed by atoms with van der Waals surface area (Å²) in [6, 6.07) is 8.43. The molecule has 3 rings (SSSR count). The summed E-state index contributed by atoms with van der Waals surface area (Å²) in [7, 11) is 1.81. The summed E-state index contributed by atoms with van der Waals surface area (Å²) in [6.45, 7) is 3.81. The zero-order chi connectivity index (χ0) is 17.5. The molecule has 1 aliphatic rings. The predicted molar refractivity (Wildman–Crippen MR) is 103 cm³/mol. The van der Waals surface area contributed by atoms with Crippen molar-refractivity contribution in [3.8, 4) is 0 Å². The Morgan fingerprint density at radius 2 is 2.36 bits per heavy atom. The van der Waals surface area contributed by atoms with Crippen LogP contribution >= 0.6 is 11.6 Å². The summed E-state index contributed by atoms with van der Waals surface area (Å²) in [4.78, 5) is 10.7. The molecule has 2 aromatic rings. The van der Waals surface area contributed by atoms with Crippen molar-refractivity contribution in [2.45, 2.75) is 25.4 Å². The maximum atomic E-state index is 6.10. The van der Waals surface area contributed by atoms with Gasteiger partial charge in [0.1, 0.15) is 0 Å². The van der Waals surface area contributed by atoms with Gasteiger partial charge in [0, 0.05) is 62.4 Å². The topological polar surface area (TPSA) is 57.5 Å². The van der Waals surface area contributed by atoms with E-state index in [1.165, 1.54) is 5.69 Å². The molecular weight excluding hydrogens is 336 g/mol. The first kappa shape index (κ1) is 17.6. The maximum Gasteiger partial charge on any atom is 0.191 e. The average Bonchev–Trinajstić information content (AvgIpc) is 3.29. The van der Waals surface area contributed by atoms with Gasteiger partial charge in [0.05, 0.1) is 6.33 Å². The molecule has 1 aromatic carbocycles. The molecule has 1 aliphatic heterocycles. The van der Waals surface area contributed by atoms with E-state index < -0.39 is 0 Å². The average molecular weight is 361 g/mol. The number of hydrogen-bond donors (Lipinski definition) is 2. The highest BCUT2D eigenvalue weighted by molar-refractivity contribution is 6.30. The summed E-state index contributed by atoms with van der Waals surface area (Å²) >= 11 is 6.10. The van der Waals surface area contributed by atoms with Crippen molar-refractivity contribution in [2.24, 2.45) is 4.99 Å². The third kappa shape index (κ3) is 5.13. The van der Waals surface area contributed by atoms with E-state index in [9.17, 15) is 0 Å². The second kappa shape index (κ2) is 8.76. The van der Waals surface area contributed by atoms with Crippen LogP contribution in [0.25, 0.3) is 0 Å². The lowest BCUT2D eigenvalue weighted by molar-refractivity contribution is 0.609. The van der Waals surface area contributed by atoms with Gasteiger partial charge in [0.2, 0.25) is 0 Å². The minimum Gasteiger partial charge on any atom is -0.369 e. The molecule has 2 N–H and O–H groups in total. The normalized spacial score (nSPS) is 17.8. The number of halogens is 1. The van der Waals surface area contributed by atoms with Gasteiger partial charge in [-0.1, -0.05) is 17.7 Å². The zero-order valence-electron chi connectivity index (χ0n) is 14.5. The molecule has 0 amide bonds. The van der Waals surface area contributed by atoms with Crippen LogP contribution in [-0.2, 0) is 6.54 Å². The summed E-state index contributed by atoms with van der Waals surface area (Å²) in [5.41, 5.74) is 1.18. The van der Waals surface area contributed by atoms with E-state index in [-0.39, 0.29) is 0 Å². The molecule has 134 valence electrons. The number of benzene rings is 1. The molecule has 25 heavy (non-hydrogen) atoms. The number of rotatable bonds is 6. The minimum absolute atomic E-state index is 0.388. The van der Waals surface area contributed by atoms with Crippen LogP contribution < -0.4 is 15.5 Å². The van der Waals surface area contributed by atoms with Crippen LogP contribution in [0, 0.1) is 0 Å². The maximum absolute atomic E-state index is 6.10. The van der Waals surface area contributed by atoms with Crippen molar-refractivity contribution in [2.75, 3.05) is 31.6 Å². The fourth-order valence-electron chi connectivity index (χ4n) is 3.06. The highest BCUT2D eigenvalue weighted by Crippen LogP contribution is 2.23. The minimum atomic E-state index is 0.388. The molecule has 0 radical (unpaired) electrons. The molecule has 1 atom stereocenters. The van der Waals surface area contributed by atoms with Crippen LogP contribution in [0.1, 0.15) is 12.8 Å². The van der Waals surface area contributed by atoms with Gasteiger partial charge >= 0.3 is 0 Å². The first-order valence-corrected chi connectivity index (χ1v) is 9.06. The lowest BCUT2D eigenvalue weighted by Gasteiger charge is -2.20. The van der Waals surface area contributed by atoms with Crippen molar-refractivity contribution in [1.82, 2.24) is 20.2 Å². The van der Waals surface area contributed by atoms with E-state index in [2.05, 4.69) is 36.1 Å². The molecule has 1 aromatic heterocycles. The Hall–Kier alpha value is -2.21. The fraction of sp³-hybridized carbons (Fsp3) is 0.444. The fourth-order valence-corrected chi connectivity index (χ4v) is 3.25. The van der Waals surface area contributed by atoms with Crippen LogP contribution in [0.3, 0.4) is 0 Å². The highest BCUT2D eigenvalue weighted by Gasteiger charge is 2.23. The van der Waals surface area contributed by atoms with Crippen LogP contribution in [0.15, 0.2) is 48.0 Å². The van der Waals surface area contributed by atoms with Gasteiger partial charge in [0.25, 0.3) is 0 Å². The molecule has 0 bridgehead atoms. The molecule has 0 spiro atoms. The van der Waals surface area contributed by atoms with Gasteiger partial charge in [-0.05, 0) is 31.0 Å². The number of nitrogens with one attached hydrogen (secondary N) is 2. The quantitative estimate of drug-likeness (QED) is 0.472. The van der Waals surface area contributed by atoms with Crippen LogP contribution in [0.5, 0.6) is 0 Å². The Morgan fingerprint density at radius 3 is 3.12 bits per heavy atom. The molecule has 1 unspecified atom stereocenters. The van der Waals surface area contributed by atoms with E-state index >= 15 is 0 Å². The first-order chi connectivity index (χ1) is 12.2. The SMILES string of the molecule is CN=C(NCCCn1ccnc1)NC1CCN(c2cccc(Cl)c2)C1. The number of anilines is 1. The molecule has 0 aliphatic carbocycles. The zero-order valence-corrected chi connectivity index (χ0v) is 15.3. The monoisotopic (exact) mass is 360 g/mol. The number of nitrogens with zero attached hydrogens (tertiary/aromatic N) is 4. The molecule has 7 heteroatoms. The third-order valence-electron chi connectivity index (χ3n) is 4.37. The molecule has 6 nitrogen and oxygen atoms in total. The van der Waals surface area contributed by atoms with E-state index in [0.29, 0.717) is 6.04 Å². The molecular formula is C18H25ClN6. The van der Waals surface area contributed by atoms with Crippen molar-refractivity contribution in [1.29, 1.82) is 0 Å². The largest absolute Gasteiger partial charge is 0.369 e. The number of aryl methyl sites for hydroxylation is 1. The molecule has 2 heterocycles. The Balaban J connectivity index is 1.41. The summed E-state index contributed by atoms with van der Waals surface area (Å²) in [5, 5.41) is 7.69. The van der Waals surface area contributed by atoms with Crippen molar-refractivity contribution in [3.05, 3.63) is 48.0 Å². The van der Waals surface area contributed by atoms with E-state index in [1.807, 2.05) is 37.8 Å². The van der Waals surface area contributed by atoms with E-state index in [1.54, 1.807) is 6.20 Å². The lowest BCUT2D eigenvalue weighted by Crippen LogP contribution is -2.45. The van der Waals surface area contributed by atoms with Gasteiger partial charge in [-0.25, -0.2) is 4.98 Å². The first-order valence-electron chi connectivity index (χ1n) is 8.68. The molecule has 0 saturated carbocycles. The number of aliphatic imine (C=N–C) groups is 1. The van der Waals surface area contributed by atoms with Crippen LogP contribution in [-0.4, -0.2) is 48.2 Å². The van der Waals surface area contributed by atoms with Gasteiger partial charge in [-0.2, -0.15) is 0 Å². The van der Waals surface area contributed by atoms with Gasteiger partial charge in [-0.15, -0.1) is 0 Å². The lowest BCUT2D eigenvalue weighted by atomic mass is 10.2. The number of aromatic nitrogens is 2.